The predicted molar refractivity (Wildman–Crippen MR) is 52.0 cm³/mol. The summed E-state index contributed by atoms with van der Waals surface area (Å²) in [5.41, 5.74) is 6.72. The Morgan fingerprint density at radius 2 is 1.92 bits per heavy atom. The van der Waals surface area contributed by atoms with E-state index in [9.17, 15) is 4.79 Å². The minimum absolute atomic E-state index is 0.0723. The first-order chi connectivity index (χ1) is 6.29. The van der Waals surface area contributed by atoms with Gasteiger partial charge in [-0.25, -0.2) is 0 Å². The van der Waals surface area contributed by atoms with Gasteiger partial charge >= 0.3 is 0 Å². The largest absolute Gasteiger partial charge is 0.369 e. The van der Waals surface area contributed by atoms with Crippen LogP contribution in [0.4, 0.5) is 0 Å². The molecule has 2 atom stereocenters. The Morgan fingerprint density at radius 1 is 1.23 bits per heavy atom. The van der Waals surface area contributed by atoms with Crippen molar-refractivity contribution < 1.29 is 4.79 Å². The number of hydrogen-bond donors (Lipinski definition) is 1. The quantitative estimate of drug-likeness (QED) is 0.615. The van der Waals surface area contributed by atoms with Gasteiger partial charge < -0.3 is 5.73 Å². The third kappa shape index (κ3) is 1.93. The first-order valence-electron chi connectivity index (χ1n) is 5.30. The maximum absolute atomic E-state index is 11.2. The van der Waals surface area contributed by atoms with Crippen molar-refractivity contribution in [3.05, 3.63) is 11.6 Å². The molecule has 0 aliphatic heterocycles. The van der Waals surface area contributed by atoms with Crippen molar-refractivity contribution in [3.63, 3.8) is 0 Å². The molecule has 2 nitrogen and oxygen atoms in total. The van der Waals surface area contributed by atoms with E-state index in [0.717, 1.165) is 12.8 Å². The van der Waals surface area contributed by atoms with Crippen LogP contribution in [0, 0.1) is 11.8 Å². The molecule has 1 fully saturated rings. The number of primary amides is 1. The molecule has 0 radical (unpaired) electrons. The number of nitrogens with two attached hydrogens (primary N) is 1. The van der Waals surface area contributed by atoms with Crippen LogP contribution in [-0.2, 0) is 4.79 Å². The lowest BCUT2D eigenvalue weighted by molar-refractivity contribution is -0.120. The Hall–Kier alpha value is -0.790. The number of carbonyl (C=O) groups is 1. The lowest BCUT2D eigenvalue weighted by Crippen LogP contribution is -2.23. The summed E-state index contributed by atoms with van der Waals surface area (Å²) in [4.78, 5) is 11.2. The van der Waals surface area contributed by atoms with Crippen LogP contribution in [0.3, 0.4) is 0 Å². The zero-order valence-electron chi connectivity index (χ0n) is 7.96. The summed E-state index contributed by atoms with van der Waals surface area (Å²) in [6.45, 7) is 0. The summed E-state index contributed by atoms with van der Waals surface area (Å²) < 4.78 is 0. The average Bonchev–Trinajstić information content (AvgIpc) is 2.81. The number of fused-ring (bicyclic) bond motifs is 1. The van der Waals surface area contributed by atoms with E-state index < -0.39 is 0 Å². The fourth-order valence-electron chi connectivity index (χ4n) is 2.35. The van der Waals surface area contributed by atoms with E-state index in [-0.39, 0.29) is 11.8 Å². The van der Waals surface area contributed by atoms with Crippen molar-refractivity contribution in [2.75, 3.05) is 0 Å². The van der Waals surface area contributed by atoms with Gasteiger partial charge in [0.05, 0.1) is 5.92 Å². The van der Waals surface area contributed by atoms with Crippen molar-refractivity contribution in [2.45, 2.75) is 38.5 Å². The Morgan fingerprint density at radius 3 is 2.62 bits per heavy atom. The van der Waals surface area contributed by atoms with E-state index in [1.807, 2.05) is 0 Å². The highest BCUT2D eigenvalue weighted by Gasteiger charge is 2.34. The molecule has 0 bridgehead atoms. The first kappa shape index (κ1) is 8.79. The Balaban J connectivity index is 1.99. The molecule has 2 N–H and O–H groups in total. The molecule has 72 valence electrons. The van der Waals surface area contributed by atoms with E-state index in [1.54, 1.807) is 0 Å². The standard InChI is InChI=1S/C11H17NO/c12-11(13)9-6-4-2-1-3-5-8-7-10(8)9/h7-9H,1-6H2,(H2,12,13). The van der Waals surface area contributed by atoms with Crippen LogP contribution in [0.5, 0.6) is 0 Å². The third-order valence-corrected chi connectivity index (χ3v) is 3.22. The van der Waals surface area contributed by atoms with Gasteiger partial charge in [0.25, 0.3) is 0 Å². The second-order valence-electron chi connectivity index (χ2n) is 4.22. The van der Waals surface area contributed by atoms with Gasteiger partial charge in [-0.15, -0.1) is 0 Å². The molecule has 0 spiro atoms. The molecule has 2 rings (SSSR count). The van der Waals surface area contributed by atoms with Crippen LogP contribution in [0.15, 0.2) is 11.6 Å². The van der Waals surface area contributed by atoms with Gasteiger partial charge in [0.2, 0.25) is 5.91 Å². The molecule has 2 aliphatic carbocycles. The van der Waals surface area contributed by atoms with Gasteiger partial charge in [-0.3, -0.25) is 4.79 Å². The summed E-state index contributed by atoms with van der Waals surface area (Å²) in [6.07, 6.45) is 9.54. The van der Waals surface area contributed by atoms with Crippen molar-refractivity contribution in [3.8, 4) is 0 Å². The first-order valence-corrected chi connectivity index (χ1v) is 5.30. The lowest BCUT2D eigenvalue weighted by Gasteiger charge is -2.09. The zero-order chi connectivity index (χ0) is 9.26. The maximum Gasteiger partial charge on any atom is 0.224 e. The predicted octanol–water partition coefficient (Wildman–Crippen LogP) is 2.00. The van der Waals surface area contributed by atoms with Crippen molar-refractivity contribution in [2.24, 2.45) is 17.6 Å². The molecule has 0 aromatic rings. The third-order valence-electron chi connectivity index (χ3n) is 3.22. The average molecular weight is 179 g/mol. The van der Waals surface area contributed by atoms with Gasteiger partial charge in [-0.1, -0.05) is 37.3 Å². The molecular weight excluding hydrogens is 162 g/mol. The Kier molecular flexibility index (Phi) is 2.38. The molecule has 2 aliphatic rings. The minimum Gasteiger partial charge on any atom is -0.369 e. The Labute approximate surface area is 79.2 Å². The number of carbonyl (C=O) groups excluding carboxylic acids is 1. The second-order valence-corrected chi connectivity index (χ2v) is 4.22. The molecule has 0 heterocycles. The van der Waals surface area contributed by atoms with Gasteiger partial charge in [0, 0.05) is 0 Å². The fraction of sp³-hybridized carbons (Fsp3) is 0.727. The maximum atomic E-state index is 11.2. The molecule has 2 unspecified atom stereocenters. The van der Waals surface area contributed by atoms with Crippen LogP contribution in [-0.4, -0.2) is 5.91 Å². The summed E-state index contributed by atoms with van der Waals surface area (Å²) in [5.74, 6) is 0.592. The number of rotatable bonds is 1. The normalized spacial score (nSPS) is 33.4. The highest BCUT2D eigenvalue weighted by atomic mass is 16.1. The highest BCUT2D eigenvalue weighted by molar-refractivity contribution is 5.81. The number of hydrogen-bond acceptors (Lipinski definition) is 1. The monoisotopic (exact) mass is 179 g/mol. The van der Waals surface area contributed by atoms with E-state index in [2.05, 4.69) is 6.08 Å². The van der Waals surface area contributed by atoms with Gasteiger partial charge in [-0.05, 0) is 18.8 Å². The van der Waals surface area contributed by atoms with E-state index in [0.29, 0.717) is 5.92 Å². The van der Waals surface area contributed by atoms with E-state index in [4.69, 9.17) is 5.73 Å². The molecule has 1 amide bonds. The van der Waals surface area contributed by atoms with E-state index >= 15 is 0 Å². The van der Waals surface area contributed by atoms with Crippen LogP contribution in [0.1, 0.15) is 38.5 Å². The summed E-state index contributed by atoms with van der Waals surface area (Å²) in [7, 11) is 0. The zero-order valence-corrected chi connectivity index (χ0v) is 7.96. The van der Waals surface area contributed by atoms with Crippen LogP contribution >= 0.6 is 0 Å². The topological polar surface area (TPSA) is 43.1 Å². The minimum atomic E-state index is -0.115. The summed E-state index contributed by atoms with van der Waals surface area (Å²) in [6, 6.07) is 0. The number of amides is 1. The van der Waals surface area contributed by atoms with Crippen molar-refractivity contribution >= 4 is 5.91 Å². The van der Waals surface area contributed by atoms with Gasteiger partial charge in [0.15, 0.2) is 0 Å². The fourth-order valence-corrected chi connectivity index (χ4v) is 2.35. The molecule has 0 aromatic heterocycles. The smallest absolute Gasteiger partial charge is 0.224 e. The Bertz CT molecular complexity index is 244. The van der Waals surface area contributed by atoms with Crippen LogP contribution < -0.4 is 5.73 Å². The second kappa shape index (κ2) is 3.52. The summed E-state index contributed by atoms with van der Waals surface area (Å²) >= 11 is 0. The molecule has 13 heavy (non-hydrogen) atoms. The van der Waals surface area contributed by atoms with Gasteiger partial charge in [-0.2, -0.15) is 0 Å². The molecule has 1 saturated carbocycles. The van der Waals surface area contributed by atoms with Crippen LogP contribution in [0.25, 0.3) is 0 Å². The highest BCUT2D eigenvalue weighted by Crippen LogP contribution is 2.42. The van der Waals surface area contributed by atoms with Crippen molar-refractivity contribution in [1.82, 2.24) is 0 Å². The lowest BCUT2D eigenvalue weighted by atomic mass is 9.96. The molecule has 0 saturated heterocycles. The molecular formula is C11H17NO. The molecule has 0 aromatic carbocycles. The number of allylic oxidation sites excluding steroid dienone is 1. The van der Waals surface area contributed by atoms with E-state index in [1.165, 1.54) is 31.3 Å². The van der Waals surface area contributed by atoms with Crippen molar-refractivity contribution in [1.29, 1.82) is 0 Å². The van der Waals surface area contributed by atoms with Gasteiger partial charge in [0.1, 0.15) is 0 Å². The summed E-state index contributed by atoms with van der Waals surface area (Å²) in [5, 5.41) is 0. The SMILES string of the molecule is NC(=O)C1CCCCCCC2C=C21. The molecule has 2 heteroatoms. The van der Waals surface area contributed by atoms with Crippen LogP contribution in [0.2, 0.25) is 0 Å².